The third kappa shape index (κ3) is 5.35. The van der Waals surface area contributed by atoms with Gasteiger partial charge in [0.1, 0.15) is 0 Å². The third-order valence-corrected chi connectivity index (χ3v) is 5.53. The SMILES string of the molecule is CCc1ccccc1NC(=O)COc1cc(C)nc(N2CCN(c3ccccc3)CC2)n1. The first kappa shape index (κ1) is 21.6. The molecule has 1 aliphatic heterocycles. The molecule has 32 heavy (non-hydrogen) atoms. The molecule has 2 aromatic carbocycles. The van der Waals surface area contributed by atoms with Crippen LogP contribution in [0.5, 0.6) is 5.88 Å². The van der Waals surface area contributed by atoms with Crippen LogP contribution in [0.3, 0.4) is 0 Å². The molecule has 0 radical (unpaired) electrons. The van der Waals surface area contributed by atoms with E-state index in [-0.39, 0.29) is 12.5 Å². The number of ether oxygens (including phenoxy) is 1. The summed E-state index contributed by atoms with van der Waals surface area (Å²) in [5.41, 5.74) is 3.96. The topological polar surface area (TPSA) is 70.6 Å². The van der Waals surface area contributed by atoms with Crippen molar-refractivity contribution in [3.8, 4) is 5.88 Å². The quantitative estimate of drug-likeness (QED) is 0.615. The van der Waals surface area contributed by atoms with E-state index in [1.165, 1.54) is 5.69 Å². The largest absolute Gasteiger partial charge is 0.467 e. The van der Waals surface area contributed by atoms with Gasteiger partial charge in [0.25, 0.3) is 5.91 Å². The molecule has 0 spiro atoms. The van der Waals surface area contributed by atoms with Crippen LogP contribution in [0.1, 0.15) is 18.2 Å². The number of benzene rings is 2. The van der Waals surface area contributed by atoms with Crippen molar-refractivity contribution < 1.29 is 9.53 Å². The van der Waals surface area contributed by atoms with Crippen molar-refractivity contribution in [3.63, 3.8) is 0 Å². The van der Waals surface area contributed by atoms with Crippen molar-refractivity contribution in [3.05, 3.63) is 71.9 Å². The zero-order valence-corrected chi connectivity index (χ0v) is 18.6. The van der Waals surface area contributed by atoms with Gasteiger partial charge in [-0.2, -0.15) is 4.98 Å². The fourth-order valence-corrected chi connectivity index (χ4v) is 3.82. The van der Waals surface area contributed by atoms with E-state index in [9.17, 15) is 4.79 Å². The molecular formula is C25H29N5O2. The highest BCUT2D eigenvalue weighted by atomic mass is 16.5. The fourth-order valence-electron chi connectivity index (χ4n) is 3.82. The van der Waals surface area contributed by atoms with Crippen LogP contribution >= 0.6 is 0 Å². The molecule has 0 saturated carbocycles. The molecular weight excluding hydrogens is 402 g/mol. The van der Waals surface area contributed by atoms with Gasteiger partial charge in [0.05, 0.1) is 0 Å². The number of hydrogen-bond acceptors (Lipinski definition) is 6. The molecule has 0 aliphatic carbocycles. The lowest BCUT2D eigenvalue weighted by atomic mass is 10.1. The summed E-state index contributed by atoms with van der Waals surface area (Å²) in [5.74, 6) is 0.849. The van der Waals surface area contributed by atoms with Crippen molar-refractivity contribution in [2.45, 2.75) is 20.3 Å². The zero-order chi connectivity index (χ0) is 22.3. The summed E-state index contributed by atoms with van der Waals surface area (Å²) in [5, 5.41) is 2.92. The number of anilines is 3. The van der Waals surface area contributed by atoms with Crippen molar-refractivity contribution in [1.82, 2.24) is 9.97 Å². The molecule has 1 fully saturated rings. The fraction of sp³-hybridized carbons (Fsp3) is 0.320. The van der Waals surface area contributed by atoms with E-state index in [1.54, 1.807) is 6.07 Å². The second-order valence-corrected chi connectivity index (χ2v) is 7.80. The van der Waals surface area contributed by atoms with Gasteiger partial charge in [0.2, 0.25) is 11.8 Å². The van der Waals surface area contributed by atoms with Gasteiger partial charge in [-0.05, 0) is 37.1 Å². The molecule has 0 bridgehead atoms. The van der Waals surface area contributed by atoms with Crippen molar-refractivity contribution >= 4 is 23.2 Å². The lowest BCUT2D eigenvalue weighted by Crippen LogP contribution is -2.47. The summed E-state index contributed by atoms with van der Waals surface area (Å²) in [6, 6.07) is 20.0. The maximum absolute atomic E-state index is 12.4. The van der Waals surface area contributed by atoms with Crippen molar-refractivity contribution in [2.75, 3.05) is 47.9 Å². The monoisotopic (exact) mass is 431 g/mol. The smallest absolute Gasteiger partial charge is 0.262 e. The van der Waals surface area contributed by atoms with E-state index < -0.39 is 0 Å². The van der Waals surface area contributed by atoms with Crippen LogP contribution < -0.4 is 19.9 Å². The third-order valence-electron chi connectivity index (χ3n) is 5.53. The Morgan fingerprint density at radius 1 is 0.969 bits per heavy atom. The van der Waals surface area contributed by atoms with E-state index in [0.717, 1.165) is 49.5 Å². The van der Waals surface area contributed by atoms with Crippen LogP contribution in [0, 0.1) is 6.92 Å². The summed E-state index contributed by atoms with van der Waals surface area (Å²) in [6.45, 7) is 7.32. The second kappa shape index (κ2) is 10.1. The molecule has 166 valence electrons. The van der Waals surface area contributed by atoms with Crippen LogP contribution in [0.25, 0.3) is 0 Å². The Balaban J connectivity index is 1.35. The van der Waals surface area contributed by atoms with Crippen molar-refractivity contribution in [1.29, 1.82) is 0 Å². The molecule has 4 rings (SSSR count). The van der Waals surface area contributed by atoms with Gasteiger partial charge in [0, 0.05) is 49.3 Å². The van der Waals surface area contributed by atoms with Crippen LogP contribution in [0.2, 0.25) is 0 Å². The zero-order valence-electron chi connectivity index (χ0n) is 18.6. The average Bonchev–Trinajstić information content (AvgIpc) is 2.83. The molecule has 1 N–H and O–H groups in total. The van der Waals surface area contributed by atoms with Crippen LogP contribution in [0.4, 0.5) is 17.3 Å². The lowest BCUT2D eigenvalue weighted by Gasteiger charge is -2.36. The first-order valence-corrected chi connectivity index (χ1v) is 11.0. The first-order chi connectivity index (χ1) is 15.6. The van der Waals surface area contributed by atoms with Gasteiger partial charge in [-0.25, -0.2) is 4.98 Å². The Bertz CT molecular complexity index is 1050. The number of nitrogens with one attached hydrogen (secondary N) is 1. The number of aryl methyl sites for hydroxylation is 2. The number of hydrogen-bond donors (Lipinski definition) is 1. The standard InChI is InChI=1S/C25H29N5O2/c1-3-20-9-7-8-12-22(20)27-23(31)18-32-24-17-19(2)26-25(28-24)30-15-13-29(14-16-30)21-10-5-4-6-11-21/h4-12,17H,3,13-16,18H2,1-2H3,(H,27,31). The first-order valence-electron chi connectivity index (χ1n) is 11.0. The Morgan fingerprint density at radius 3 is 2.41 bits per heavy atom. The van der Waals surface area contributed by atoms with Crippen LogP contribution in [0.15, 0.2) is 60.7 Å². The highest BCUT2D eigenvalue weighted by Gasteiger charge is 2.20. The Labute approximate surface area is 189 Å². The molecule has 1 aliphatic rings. The summed E-state index contributed by atoms with van der Waals surface area (Å²) in [6.07, 6.45) is 0.851. The number of aromatic nitrogens is 2. The second-order valence-electron chi connectivity index (χ2n) is 7.80. The molecule has 1 amide bonds. The number of para-hydroxylation sites is 2. The predicted molar refractivity (Wildman–Crippen MR) is 128 cm³/mol. The van der Waals surface area contributed by atoms with Gasteiger partial charge in [-0.15, -0.1) is 0 Å². The molecule has 0 unspecified atom stereocenters. The summed E-state index contributed by atoms with van der Waals surface area (Å²) < 4.78 is 5.72. The van der Waals surface area contributed by atoms with Gasteiger partial charge >= 0.3 is 0 Å². The molecule has 1 saturated heterocycles. The predicted octanol–water partition coefficient (Wildman–Crippen LogP) is 3.69. The van der Waals surface area contributed by atoms with Crippen LogP contribution in [-0.4, -0.2) is 48.7 Å². The van der Waals surface area contributed by atoms with Crippen molar-refractivity contribution in [2.24, 2.45) is 0 Å². The highest BCUT2D eigenvalue weighted by molar-refractivity contribution is 5.92. The summed E-state index contributed by atoms with van der Waals surface area (Å²) >= 11 is 0. The lowest BCUT2D eigenvalue weighted by molar-refractivity contribution is -0.118. The van der Waals surface area contributed by atoms with E-state index in [2.05, 4.69) is 56.3 Å². The Kier molecular flexibility index (Phi) is 6.84. The van der Waals surface area contributed by atoms with Gasteiger partial charge < -0.3 is 19.9 Å². The summed E-state index contributed by atoms with van der Waals surface area (Å²) in [4.78, 5) is 26.1. The molecule has 0 atom stereocenters. The van der Waals surface area contributed by atoms with E-state index in [0.29, 0.717) is 11.8 Å². The van der Waals surface area contributed by atoms with E-state index >= 15 is 0 Å². The van der Waals surface area contributed by atoms with E-state index in [4.69, 9.17) is 4.74 Å². The van der Waals surface area contributed by atoms with Gasteiger partial charge in [-0.1, -0.05) is 43.3 Å². The van der Waals surface area contributed by atoms with E-state index in [1.807, 2.05) is 37.3 Å². The number of rotatable bonds is 7. The molecule has 2 heterocycles. The number of carbonyl (C=O) groups is 1. The average molecular weight is 432 g/mol. The van der Waals surface area contributed by atoms with Gasteiger partial charge in [0.15, 0.2) is 6.61 Å². The van der Waals surface area contributed by atoms with Gasteiger partial charge in [-0.3, -0.25) is 4.79 Å². The maximum Gasteiger partial charge on any atom is 0.262 e. The Morgan fingerprint density at radius 2 is 1.66 bits per heavy atom. The molecule has 1 aromatic heterocycles. The number of carbonyl (C=O) groups excluding carboxylic acids is 1. The molecule has 7 heteroatoms. The number of piperazine rings is 1. The normalized spacial score (nSPS) is 13.7. The number of amides is 1. The Hall–Kier alpha value is -3.61. The summed E-state index contributed by atoms with van der Waals surface area (Å²) in [7, 11) is 0. The minimum absolute atomic E-state index is 0.101. The minimum atomic E-state index is -0.208. The van der Waals surface area contributed by atoms with Crippen LogP contribution in [-0.2, 0) is 11.2 Å². The number of nitrogens with zero attached hydrogens (tertiary/aromatic N) is 4. The maximum atomic E-state index is 12.4. The molecule has 7 nitrogen and oxygen atoms in total. The highest BCUT2D eigenvalue weighted by Crippen LogP contribution is 2.21. The minimum Gasteiger partial charge on any atom is -0.467 e. The molecule has 3 aromatic rings.